The van der Waals surface area contributed by atoms with Gasteiger partial charge in [0.15, 0.2) is 6.61 Å². The maximum atomic E-state index is 13.6. The number of hydrogen-bond acceptors (Lipinski definition) is 7. The van der Waals surface area contributed by atoms with Crippen LogP contribution in [-0.2, 0) is 19.1 Å². The van der Waals surface area contributed by atoms with Crippen molar-refractivity contribution < 1.29 is 28.7 Å². The zero-order valence-corrected chi connectivity index (χ0v) is 23.8. The van der Waals surface area contributed by atoms with Gasteiger partial charge in [0.05, 0.1) is 5.56 Å². The van der Waals surface area contributed by atoms with Crippen molar-refractivity contribution in [2.24, 2.45) is 5.92 Å². The standard InChI is InChI=1S/C28H44N4O6/c1-19(2)17-21(27(36)32-15-10-12-22(32)26(35)29-14-16-31(6)7)30-25(34)20-11-8-9-13-23(20)37-18-24(33)38-28(3,4)5/h8-9,11,13,19,21-22H,10,12,14-18H2,1-7H3,(H,29,35)(H,30,34)/t21-,22-/m1/s1. The van der Waals surface area contributed by atoms with E-state index in [1.807, 2.05) is 32.8 Å². The predicted octanol–water partition coefficient (Wildman–Crippen LogP) is 2.22. The van der Waals surface area contributed by atoms with Crippen LogP contribution in [0, 0.1) is 5.92 Å². The molecule has 10 nitrogen and oxygen atoms in total. The van der Waals surface area contributed by atoms with E-state index in [1.54, 1.807) is 49.9 Å². The zero-order valence-electron chi connectivity index (χ0n) is 23.8. The van der Waals surface area contributed by atoms with Crippen molar-refractivity contribution in [2.75, 3.05) is 40.3 Å². The summed E-state index contributed by atoms with van der Waals surface area (Å²) in [5.41, 5.74) is -0.449. The Morgan fingerprint density at radius 3 is 2.45 bits per heavy atom. The second-order valence-electron chi connectivity index (χ2n) is 11.3. The Kier molecular flexibility index (Phi) is 11.6. The van der Waals surface area contributed by atoms with Gasteiger partial charge >= 0.3 is 5.97 Å². The molecule has 1 aliphatic heterocycles. The number of benzene rings is 1. The van der Waals surface area contributed by atoms with Crippen molar-refractivity contribution in [1.29, 1.82) is 0 Å². The maximum Gasteiger partial charge on any atom is 0.344 e. The van der Waals surface area contributed by atoms with Crippen molar-refractivity contribution in [3.8, 4) is 5.75 Å². The van der Waals surface area contributed by atoms with Crippen LogP contribution in [-0.4, -0.2) is 91.5 Å². The number of likely N-dealkylation sites (N-methyl/N-ethyl adjacent to an activating group) is 1. The molecule has 212 valence electrons. The number of carbonyl (C=O) groups is 4. The van der Waals surface area contributed by atoms with Gasteiger partial charge in [-0.25, -0.2) is 4.79 Å². The molecule has 1 fully saturated rings. The summed E-state index contributed by atoms with van der Waals surface area (Å²) in [5.74, 6) is -1.15. The Hall–Kier alpha value is -3.14. The minimum absolute atomic E-state index is 0.123. The molecule has 2 rings (SSSR count). The molecule has 0 aromatic heterocycles. The molecular formula is C28H44N4O6. The largest absolute Gasteiger partial charge is 0.481 e. The monoisotopic (exact) mass is 532 g/mol. The Morgan fingerprint density at radius 1 is 1.13 bits per heavy atom. The average Bonchev–Trinajstić information content (AvgIpc) is 3.30. The quantitative estimate of drug-likeness (QED) is 0.397. The highest BCUT2D eigenvalue weighted by Crippen LogP contribution is 2.22. The molecule has 0 saturated carbocycles. The fraction of sp³-hybridized carbons (Fsp3) is 0.643. The molecule has 2 atom stereocenters. The van der Waals surface area contributed by atoms with E-state index in [0.717, 1.165) is 6.42 Å². The molecule has 1 saturated heterocycles. The van der Waals surface area contributed by atoms with Crippen molar-refractivity contribution in [3.05, 3.63) is 29.8 Å². The van der Waals surface area contributed by atoms with Gasteiger partial charge in [0.25, 0.3) is 5.91 Å². The third kappa shape index (κ3) is 9.96. The number of carbonyl (C=O) groups excluding carboxylic acids is 4. The molecule has 0 spiro atoms. The van der Waals surface area contributed by atoms with Crippen LogP contribution < -0.4 is 15.4 Å². The summed E-state index contributed by atoms with van der Waals surface area (Å²) < 4.78 is 10.9. The lowest BCUT2D eigenvalue weighted by atomic mass is 10.0. The van der Waals surface area contributed by atoms with Crippen LogP contribution in [0.1, 0.15) is 64.2 Å². The van der Waals surface area contributed by atoms with E-state index < -0.39 is 29.6 Å². The number of esters is 1. The van der Waals surface area contributed by atoms with Gasteiger partial charge < -0.3 is 29.9 Å². The molecule has 1 aliphatic rings. The summed E-state index contributed by atoms with van der Waals surface area (Å²) >= 11 is 0. The van der Waals surface area contributed by atoms with Crippen LogP contribution >= 0.6 is 0 Å². The summed E-state index contributed by atoms with van der Waals surface area (Å²) in [6.07, 6.45) is 1.72. The predicted molar refractivity (Wildman–Crippen MR) is 145 cm³/mol. The summed E-state index contributed by atoms with van der Waals surface area (Å²) in [4.78, 5) is 55.4. The Bertz CT molecular complexity index is 972. The fourth-order valence-corrected chi connectivity index (χ4v) is 4.24. The lowest BCUT2D eigenvalue weighted by Crippen LogP contribution is -2.54. The van der Waals surface area contributed by atoms with E-state index in [9.17, 15) is 19.2 Å². The molecule has 10 heteroatoms. The highest BCUT2D eigenvalue weighted by molar-refractivity contribution is 6.00. The van der Waals surface area contributed by atoms with Gasteiger partial charge in [0.1, 0.15) is 23.4 Å². The van der Waals surface area contributed by atoms with Crippen molar-refractivity contribution in [2.45, 2.75) is 71.6 Å². The maximum absolute atomic E-state index is 13.6. The second kappa shape index (κ2) is 14.1. The molecule has 0 aliphatic carbocycles. The highest BCUT2D eigenvalue weighted by atomic mass is 16.6. The average molecular weight is 533 g/mol. The molecule has 38 heavy (non-hydrogen) atoms. The van der Waals surface area contributed by atoms with E-state index in [0.29, 0.717) is 32.5 Å². The summed E-state index contributed by atoms with van der Waals surface area (Å²) in [7, 11) is 3.86. The molecule has 0 bridgehead atoms. The van der Waals surface area contributed by atoms with E-state index >= 15 is 0 Å². The van der Waals surface area contributed by atoms with Gasteiger partial charge in [-0.3, -0.25) is 14.4 Å². The van der Waals surface area contributed by atoms with Crippen LogP contribution in [0.15, 0.2) is 24.3 Å². The molecule has 1 aromatic carbocycles. The first-order valence-corrected chi connectivity index (χ1v) is 13.3. The summed E-state index contributed by atoms with van der Waals surface area (Å²) in [6, 6.07) is 5.18. The first-order valence-electron chi connectivity index (χ1n) is 13.3. The molecule has 3 amide bonds. The first-order chi connectivity index (χ1) is 17.8. The van der Waals surface area contributed by atoms with Crippen LogP contribution in [0.3, 0.4) is 0 Å². The number of ether oxygens (including phenoxy) is 2. The first kappa shape index (κ1) is 31.1. The van der Waals surface area contributed by atoms with Crippen LogP contribution in [0.5, 0.6) is 5.75 Å². The number of para-hydroxylation sites is 1. The third-order valence-corrected chi connectivity index (χ3v) is 5.90. The molecular weight excluding hydrogens is 488 g/mol. The molecule has 1 aromatic rings. The van der Waals surface area contributed by atoms with Gasteiger partial charge in [0.2, 0.25) is 11.8 Å². The van der Waals surface area contributed by atoms with Crippen molar-refractivity contribution >= 4 is 23.7 Å². The van der Waals surface area contributed by atoms with E-state index in [-0.39, 0.29) is 35.7 Å². The van der Waals surface area contributed by atoms with Crippen molar-refractivity contribution in [1.82, 2.24) is 20.4 Å². The Morgan fingerprint density at radius 2 is 1.82 bits per heavy atom. The molecule has 1 heterocycles. The minimum Gasteiger partial charge on any atom is -0.481 e. The van der Waals surface area contributed by atoms with E-state index in [1.165, 1.54) is 0 Å². The lowest BCUT2D eigenvalue weighted by Gasteiger charge is -2.29. The van der Waals surface area contributed by atoms with Crippen molar-refractivity contribution in [3.63, 3.8) is 0 Å². The normalized spacial score (nSPS) is 16.3. The zero-order chi connectivity index (χ0) is 28.5. The molecule has 0 radical (unpaired) electrons. The minimum atomic E-state index is -0.809. The number of amides is 3. The lowest BCUT2D eigenvalue weighted by molar-refractivity contribution is -0.157. The van der Waals surface area contributed by atoms with Gasteiger partial charge in [0, 0.05) is 19.6 Å². The SMILES string of the molecule is CC(C)C[C@@H](NC(=O)c1ccccc1OCC(=O)OC(C)(C)C)C(=O)N1CCC[C@@H]1C(=O)NCCN(C)C. The van der Waals surface area contributed by atoms with Crippen LogP contribution in [0.2, 0.25) is 0 Å². The number of nitrogens with one attached hydrogen (secondary N) is 2. The summed E-state index contributed by atoms with van der Waals surface area (Å²) in [5, 5.41) is 5.78. The second-order valence-corrected chi connectivity index (χ2v) is 11.3. The number of hydrogen-bond donors (Lipinski definition) is 2. The Balaban J connectivity index is 2.13. The van der Waals surface area contributed by atoms with Gasteiger partial charge in [-0.05, 0) is 72.2 Å². The molecule has 2 N–H and O–H groups in total. The van der Waals surface area contributed by atoms with E-state index in [4.69, 9.17) is 9.47 Å². The van der Waals surface area contributed by atoms with Gasteiger partial charge in [-0.15, -0.1) is 0 Å². The molecule has 0 unspecified atom stereocenters. The number of likely N-dealkylation sites (tertiary alicyclic amines) is 1. The number of rotatable bonds is 12. The van der Waals surface area contributed by atoms with Gasteiger partial charge in [-0.2, -0.15) is 0 Å². The van der Waals surface area contributed by atoms with Gasteiger partial charge in [-0.1, -0.05) is 26.0 Å². The topological polar surface area (TPSA) is 117 Å². The summed E-state index contributed by atoms with van der Waals surface area (Å²) in [6.45, 7) is 10.5. The third-order valence-electron chi connectivity index (χ3n) is 5.90. The Labute approximate surface area is 226 Å². The van der Waals surface area contributed by atoms with Crippen LogP contribution in [0.4, 0.5) is 0 Å². The van der Waals surface area contributed by atoms with Crippen LogP contribution in [0.25, 0.3) is 0 Å². The smallest absolute Gasteiger partial charge is 0.344 e. The highest BCUT2D eigenvalue weighted by Gasteiger charge is 2.38. The fourth-order valence-electron chi connectivity index (χ4n) is 4.24. The van der Waals surface area contributed by atoms with E-state index in [2.05, 4.69) is 10.6 Å². The number of nitrogens with zero attached hydrogens (tertiary/aromatic N) is 2.